The molecule has 2 aliphatic rings. The Balaban J connectivity index is 1.85. The minimum absolute atomic E-state index is 0.00957. The molecule has 1 aliphatic carbocycles. The van der Waals surface area contributed by atoms with E-state index in [1.165, 1.54) is 12.1 Å². The molecule has 0 amide bonds. The monoisotopic (exact) mass is 501 g/mol. The first-order valence-electron chi connectivity index (χ1n) is 11.5. The number of aliphatic carboxylic acids is 1. The molecular weight excluding hydrogens is 469 g/mol. The molecule has 0 saturated carbocycles. The molecule has 1 heterocycles. The third kappa shape index (κ3) is 5.95. The molecule has 0 aromatic heterocycles. The second-order valence-electron chi connectivity index (χ2n) is 8.68. The van der Waals surface area contributed by atoms with Crippen LogP contribution >= 0.6 is 0 Å². The number of benzene rings is 1. The summed E-state index contributed by atoms with van der Waals surface area (Å²) >= 11 is 0. The number of rotatable bonds is 11. The van der Waals surface area contributed by atoms with Crippen LogP contribution in [0, 0.1) is 5.82 Å². The van der Waals surface area contributed by atoms with Gasteiger partial charge in [-0.1, -0.05) is 26.2 Å². The highest BCUT2D eigenvalue weighted by Gasteiger charge is 2.51. The predicted octanol–water partition coefficient (Wildman–Crippen LogP) is 2.33. The van der Waals surface area contributed by atoms with Crippen molar-refractivity contribution in [3.05, 3.63) is 41.2 Å². The summed E-state index contributed by atoms with van der Waals surface area (Å²) in [5, 5.41) is 27.3. The van der Waals surface area contributed by atoms with E-state index in [0.29, 0.717) is 12.0 Å². The Morgan fingerprint density at radius 3 is 2.44 bits per heavy atom. The first-order valence-corrected chi connectivity index (χ1v) is 13.0. The number of carboxylic acids is 1. The summed E-state index contributed by atoms with van der Waals surface area (Å²) in [6, 6.07) is 3.79. The minimum Gasteiger partial charge on any atom is -0.478 e. The molecule has 1 aliphatic heterocycles. The van der Waals surface area contributed by atoms with E-state index in [-0.39, 0.29) is 18.5 Å². The highest BCUT2D eigenvalue weighted by atomic mass is 32.2. The van der Waals surface area contributed by atoms with E-state index >= 15 is 0 Å². The highest BCUT2D eigenvalue weighted by Crippen LogP contribution is 2.41. The molecule has 9 nitrogen and oxygen atoms in total. The number of carbonyl (C=O) groups is 1. The second-order valence-corrected chi connectivity index (χ2v) is 10.5. The second kappa shape index (κ2) is 11.1. The van der Waals surface area contributed by atoms with Gasteiger partial charge in [0.05, 0.1) is 24.5 Å². The third-order valence-electron chi connectivity index (χ3n) is 6.19. The fourth-order valence-electron chi connectivity index (χ4n) is 4.43. The largest absolute Gasteiger partial charge is 0.478 e. The zero-order valence-electron chi connectivity index (χ0n) is 19.1. The molecular formula is C23H32FNO8S. The Morgan fingerprint density at radius 1 is 1.18 bits per heavy atom. The zero-order chi connectivity index (χ0) is 24.9. The number of ether oxygens (including phenoxy) is 2. The standard InChI is InChI=1S/C23H32FNO8S/c1-2-3-4-5-6-15-11-16(24)7-8-18(15)25-34(30,31)21-9-10-23(12-17(21)22(28)29)32-19(13-26)20(14-27)33-23/h7-8,11-12,19-21,25-27H,2-6,9-10,13-14H2,1H3,(H,28,29). The van der Waals surface area contributed by atoms with Crippen LogP contribution in [0.3, 0.4) is 0 Å². The normalized spacial score (nSPS) is 27.1. The molecule has 0 radical (unpaired) electrons. The molecule has 1 saturated heterocycles. The molecule has 1 spiro atoms. The highest BCUT2D eigenvalue weighted by molar-refractivity contribution is 7.93. The smallest absolute Gasteiger partial charge is 0.332 e. The van der Waals surface area contributed by atoms with Gasteiger partial charge in [-0.3, -0.25) is 4.72 Å². The molecule has 3 atom stereocenters. The lowest BCUT2D eigenvalue weighted by atomic mass is 9.94. The number of halogens is 1. The molecule has 34 heavy (non-hydrogen) atoms. The van der Waals surface area contributed by atoms with Crippen LogP contribution in [0.15, 0.2) is 29.8 Å². The van der Waals surface area contributed by atoms with Crippen molar-refractivity contribution < 1.29 is 42.4 Å². The summed E-state index contributed by atoms with van der Waals surface area (Å²) < 4.78 is 54.2. The summed E-state index contributed by atoms with van der Waals surface area (Å²) in [5.74, 6) is -3.47. The van der Waals surface area contributed by atoms with Crippen LogP contribution in [0.1, 0.15) is 51.0 Å². The van der Waals surface area contributed by atoms with Gasteiger partial charge in [-0.2, -0.15) is 0 Å². The number of aliphatic hydroxyl groups is 2. The van der Waals surface area contributed by atoms with Gasteiger partial charge in [0, 0.05) is 6.42 Å². The summed E-state index contributed by atoms with van der Waals surface area (Å²) in [4.78, 5) is 12.0. The number of hydrogen-bond donors (Lipinski definition) is 4. The zero-order valence-corrected chi connectivity index (χ0v) is 19.9. The quantitative estimate of drug-likeness (QED) is 0.339. The van der Waals surface area contributed by atoms with Crippen molar-refractivity contribution in [1.29, 1.82) is 0 Å². The number of unbranched alkanes of at least 4 members (excludes halogenated alkanes) is 3. The first-order chi connectivity index (χ1) is 16.1. The van der Waals surface area contributed by atoms with E-state index in [4.69, 9.17) is 9.47 Å². The van der Waals surface area contributed by atoms with E-state index in [9.17, 15) is 32.9 Å². The fraction of sp³-hybridized carbons (Fsp3) is 0.609. The Bertz CT molecular complexity index is 1000. The van der Waals surface area contributed by atoms with Gasteiger partial charge < -0.3 is 24.8 Å². The summed E-state index contributed by atoms with van der Waals surface area (Å²) in [6.45, 7) is 1.18. The average molecular weight is 502 g/mol. The molecule has 3 rings (SSSR count). The Morgan fingerprint density at radius 2 is 1.85 bits per heavy atom. The van der Waals surface area contributed by atoms with Crippen LogP contribution in [0.4, 0.5) is 10.1 Å². The van der Waals surface area contributed by atoms with Crippen molar-refractivity contribution in [3.63, 3.8) is 0 Å². The van der Waals surface area contributed by atoms with Crippen molar-refractivity contribution in [1.82, 2.24) is 0 Å². The first kappa shape index (κ1) is 26.6. The molecule has 190 valence electrons. The number of aryl methyl sites for hydroxylation is 1. The number of anilines is 1. The van der Waals surface area contributed by atoms with Crippen LogP contribution in [0.25, 0.3) is 0 Å². The number of hydrogen-bond acceptors (Lipinski definition) is 7. The van der Waals surface area contributed by atoms with Crippen molar-refractivity contribution in [2.75, 3.05) is 17.9 Å². The lowest BCUT2D eigenvalue weighted by Crippen LogP contribution is -2.42. The van der Waals surface area contributed by atoms with Crippen LogP contribution in [0.5, 0.6) is 0 Å². The molecule has 1 aromatic carbocycles. The number of nitrogens with one attached hydrogen (secondary N) is 1. The molecule has 1 aromatic rings. The van der Waals surface area contributed by atoms with E-state index in [2.05, 4.69) is 11.6 Å². The Hall–Kier alpha value is -2.05. The SMILES string of the molecule is CCCCCCc1cc(F)ccc1NS(=O)(=O)C1CCC2(C=C1C(=O)O)OC(CO)C(CO)O2. The van der Waals surface area contributed by atoms with Gasteiger partial charge in [-0.25, -0.2) is 17.6 Å². The van der Waals surface area contributed by atoms with Crippen molar-refractivity contribution >= 4 is 21.7 Å². The van der Waals surface area contributed by atoms with E-state index in [1.807, 2.05) is 0 Å². The van der Waals surface area contributed by atoms with Crippen molar-refractivity contribution in [2.24, 2.45) is 0 Å². The van der Waals surface area contributed by atoms with E-state index in [1.54, 1.807) is 0 Å². The maximum atomic E-state index is 13.8. The minimum atomic E-state index is -4.22. The Kier molecular flexibility index (Phi) is 8.69. The van der Waals surface area contributed by atoms with Gasteiger partial charge in [-0.05, 0) is 49.1 Å². The fourth-order valence-corrected chi connectivity index (χ4v) is 6.01. The lowest BCUT2D eigenvalue weighted by molar-refractivity contribution is -0.153. The summed E-state index contributed by atoms with van der Waals surface area (Å²) in [5.41, 5.74) is 0.296. The van der Waals surface area contributed by atoms with Crippen LogP contribution < -0.4 is 4.72 Å². The van der Waals surface area contributed by atoms with Crippen LogP contribution in [-0.4, -0.2) is 66.2 Å². The van der Waals surface area contributed by atoms with E-state index < -0.39 is 63.8 Å². The summed E-state index contributed by atoms with van der Waals surface area (Å²) in [7, 11) is -4.22. The number of carboxylic acid groups (broad SMARTS) is 1. The van der Waals surface area contributed by atoms with Gasteiger partial charge in [0.2, 0.25) is 10.0 Å². The van der Waals surface area contributed by atoms with Gasteiger partial charge in [0.15, 0.2) is 5.79 Å². The maximum Gasteiger partial charge on any atom is 0.332 e. The maximum absolute atomic E-state index is 13.8. The Labute approximate surface area is 198 Å². The number of aliphatic hydroxyl groups excluding tert-OH is 2. The molecule has 1 fully saturated rings. The molecule has 11 heteroatoms. The van der Waals surface area contributed by atoms with Crippen molar-refractivity contribution in [3.8, 4) is 0 Å². The van der Waals surface area contributed by atoms with Crippen molar-refractivity contribution in [2.45, 2.75) is 75.1 Å². The topological polar surface area (TPSA) is 142 Å². The predicted molar refractivity (Wildman–Crippen MR) is 122 cm³/mol. The van der Waals surface area contributed by atoms with Gasteiger partial charge in [0.1, 0.15) is 23.3 Å². The molecule has 4 N–H and O–H groups in total. The van der Waals surface area contributed by atoms with Gasteiger partial charge >= 0.3 is 5.97 Å². The van der Waals surface area contributed by atoms with Crippen LogP contribution in [-0.2, 0) is 30.7 Å². The third-order valence-corrected chi connectivity index (χ3v) is 7.94. The van der Waals surface area contributed by atoms with Gasteiger partial charge in [-0.15, -0.1) is 0 Å². The lowest BCUT2D eigenvalue weighted by Gasteiger charge is -2.33. The van der Waals surface area contributed by atoms with Crippen LogP contribution in [0.2, 0.25) is 0 Å². The molecule has 0 bridgehead atoms. The molecule has 3 unspecified atom stereocenters. The van der Waals surface area contributed by atoms with E-state index in [0.717, 1.165) is 37.8 Å². The number of sulfonamides is 1. The summed E-state index contributed by atoms with van der Waals surface area (Å²) in [6.07, 6.45) is 3.49. The van der Waals surface area contributed by atoms with Gasteiger partial charge in [0.25, 0.3) is 0 Å². The average Bonchev–Trinajstić information content (AvgIpc) is 3.15.